The predicted octanol–water partition coefficient (Wildman–Crippen LogP) is 0.750. The lowest BCUT2D eigenvalue weighted by atomic mass is 10.3. The molecule has 0 fully saturated rings. The summed E-state index contributed by atoms with van der Waals surface area (Å²) in [5, 5.41) is 7.62. The summed E-state index contributed by atoms with van der Waals surface area (Å²) in [6.07, 6.45) is 0.976. The van der Waals surface area contributed by atoms with Gasteiger partial charge in [-0.05, 0) is 30.8 Å². The summed E-state index contributed by atoms with van der Waals surface area (Å²) >= 11 is 0. The van der Waals surface area contributed by atoms with Gasteiger partial charge in [0, 0.05) is 11.8 Å². The number of likely N-dealkylation sites (N-methyl/N-ethyl adjacent to an activating group) is 1. The maximum absolute atomic E-state index is 14.4. The van der Waals surface area contributed by atoms with E-state index in [2.05, 4.69) is 20.7 Å². The van der Waals surface area contributed by atoms with Crippen LogP contribution in [0.15, 0.2) is 36.5 Å². The van der Waals surface area contributed by atoms with Gasteiger partial charge in [0.2, 0.25) is 5.37 Å². The molecule has 2 aromatic heterocycles. The lowest BCUT2D eigenvalue weighted by Crippen LogP contribution is -2.48. The second-order valence-electron chi connectivity index (χ2n) is 5.98. The lowest BCUT2D eigenvalue weighted by molar-refractivity contribution is -0.118. The lowest BCUT2D eigenvalue weighted by Gasteiger charge is -2.15. The minimum atomic E-state index is -4.53. The Balaban J connectivity index is 1.94. The fourth-order valence-corrected chi connectivity index (χ4v) is 3.65. The minimum Gasteiger partial charge on any atom is -0.497 e. The molecule has 1 unspecified atom stereocenters. The third-order valence-electron chi connectivity index (χ3n) is 3.89. The zero-order valence-electron chi connectivity index (χ0n) is 16.0. The number of ether oxygens (including phenoxy) is 1. The van der Waals surface area contributed by atoms with E-state index >= 15 is 0 Å². The van der Waals surface area contributed by atoms with Crippen molar-refractivity contribution in [2.24, 2.45) is 5.73 Å². The molecule has 1 aromatic carbocycles. The van der Waals surface area contributed by atoms with Crippen molar-refractivity contribution in [3.63, 3.8) is 0 Å². The number of hydrogen-bond donors (Lipinski definition) is 3. The molecule has 1 amide bonds. The summed E-state index contributed by atoms with van der Waals surface area (Å²) in [5.74, 6) is -1.64. The van der Waals surface area contributed by atoms with E-state index in [1.54, 1.807) is 31.2 Å². The molecular weight excluding hydrogens is 419 g/mol. The number of imidazole rings is 1. The minimum absolute atomic E-state index is 0.0588. The van der Waals surface area contributed by atoms with Gasteiger partial charge in [0.1, 0.15) is 5.75 Å². The summed E-state index contributed by atoms with van der Waals surface area (Å²) < 4.78 is 50.2. The van der Waals surface area contributed by atoms with E-state index in [0.717, 1.165) is 16.8 Å². The Hall–Kier alpha value is -3.45. The highest BCUT2D eigenvalue weighted by Gasteiger charge is 2.33. The summed E-state index contributed by atoms with van der Waals surface area (Å²) in [6, 6.07) is 7.86. The number of nitrogens with one attached hydrogen (secondary N) is 2. The van der Waals surface area contributed by atoms with Crippen molar-refractivity contribution in [3.8, 4) is 11.6 Å². The first kappa shape index (κ1) is 21.3. The molecule has 4 N–H and O–H groups in total. The number of fused-ring (bicyclic) bond motifs is 1. The van der Waals surface area contributed by atoms with E-state index < -0.39 is 33.1 Å². The van der Waals surface area contributed by atoms with Crippen LogP contribution < -0.4 is 25.3 Å². The van der Waals surface area contributed by atoms with Gasteiger partial charge in [-0.3, -0.25) is 10.1 Å². The standard InChI is InChI=1S/C17H19FN6O5S/c1-3-20-17(15(19)25)30(26,27)29-14-9-21-16-12(18)8-13(23-24(14)16)22-10-4-6-11(28-2)7-5-10/h4-9,17,20H,3H2,1-2H3,(H2,19,25)(H,22,23). The summed E-state index contributed by atoms with van der Waals surface area (Å²) in [7, 11) is -3.01. The molecule has 0 aliphatic heterocycles. The Labute approximate surface area is 171 Å². The smallest absolute Gasteiger partial charge is 0.336 e. The fourth-order valence-electron chi connectivity index (χ4n) is 2.55. The quantitative estimate of drug-likeness (QED) is 0.411. The van der Waals surface area contributed by atoms with Crippen molar-refractivity contribution in [1.29, 1.82) is 0 Å². The SMILES string of the molecule is CCNC(C(N)=O)S(=O)(=O)Oc1cnc2c(F)cc(Nc3ccc(OC)cc3)nn12. The van der Waals surface area contributed by atoms with Crippen LogP contribution in [0.1, 0.15) is 6.92 Å². The van der Waals surface area contributed by atoms with Crippen LogP contribution in [0.4, 0.5) is 15.9 Å². The molecule has 1 atom stereocenters. The average Bonchev–Trinajstić information content (AvgIpc) is 3.09. The van der Waals surface area contributed by atoms with Crippen molar-refractivity contribution in [2.45, 2.75) is 12.3 Å². The highest BCUT2D eigenvalue weighted by molar-refractivity contribution is 7.88. The monoisotopic (exact) mass is 438 g/mol. The number of halogens is 1. The third-order valence-corrected chi connectivity index (χ3v) is 5.27. The molecule has 0 aliphatic rings. The zero-order valence-corrected chi connectivity index (χ0v) is 16.8. The van der Waals surface area contributed by atoms with Gasteiger partial charge in [0.15, 0.2) is 17.3 Å². The molecule has 11 nitrogen and oxygen atoms in total. The maximum Gasteiger partial charge on any atom is 0.336 e. The van der Waals surface area contributed by atoms with Crippen LogP contribution in [-0.2, 0) is 14.9 Å². The maximum atomic E-state index is 14.4. The molecular formula is C17H19FN6O5S. The fraction of sp³-hybridized carbons (Fsp3) is 0.235. The van der Waals surface area contributed by atoms with Gasteiger partial charge in [-0.15, -0.1) is 5.10 Å². The zero-order chi connectivity index (χ0) is 21.9. The molecule has 13 heteroatoms. The molecule has 0 saturated heterocycles. The Morgan fingerprint density at radius 1 is 1.33 bits per heavy atom. The first-order chi connectivity index (χ1) is 14.2. The molecule has 160 valence electrons. The van der Waals surface area contributed by atoms with Crippen molar-refractivity contribution < 1.29 is 26.5 Å². The van der Waals surface area contributed by atoms with E-state index in [0.29, 0.717) is 11.4 Å². The molecule has 3 aromatic rings. The van der Waals surface area contributed by atoms with Crippen molar-refractivity contribution >= 4 is 33.2 Å². The van der Waals surface area contributed by atoms with Crippen LogP contribution in [0.5, 0.6) is 11.6 Å². The van der Waals surface area contributed by atoms with Crippen LogP contribution in [0, 0.1) is 5.82 Å². The molecule has 0 radical (unpaired) electrons. The van der Waals surface area contributed by atoms with Crippen molar-refractivity contribution in [1.82, 2.24) is 19.9 Å². The number of primary amides is 1. The number of anilines is 2. The molecule has 0 spiro atoms. The number of amides is 1. The number of nitrogens with zero attached hydrogens (tertiary/aromatic N) is 3. The van der Waals surface area contributed by atoms with Crippen molar-refractivity contribution in [2.75, 3.05) is 19.0 Å². The second kappa shape index (κ2) is 8.51. The van der Waals surface area contributed by atoms with E-state index in [1.165, 1.54) is 7.11 Å². The highest BCUT2D eigenvalue weighted by atomic mass is 32.2. The summed E-state index contributed by atoms with van der Waals surface area (Å²) in [4.78, 5) is 15.2. The molecule has 2 heterocycles. The van der Waals surface area contributed by atoms with Crippen LogP contribution in [0.25, 0.3) is 5.65 Å². The molecule has 3 rings (SSSR count). The number of methoxy groups -OCH3 is 1. The number of carbonyl (C=O) groups excluding carboxylic acids is 1. The Kier molecular flexibility index (Phi) is 6.03. The van der Waals surface area contributed by atoms with E-state index in [1.807, 2.05) is 0 Å². The van der Waals surface area contributed by atoms with Gasteiger partial charge in [-0.25, -0.2) is 9.37 Å². The van der Waals surface area contributed by atoms with Gasteiger partial charge >= 0.3 is 10.1 Å². The third kappa shape index (κ3) is 4.41. The first-order valence-electron chi connectivity index (χ1n) is 8.66. The van der Waals surface area contributed by atoms with Gasteiger partial charge in [0.25, 0.3) is 11.8 Å². The molecule has 30 heavy (non-hydrogen) atoms. The van der Waals surface area contributed by atoms with Crippen LogP contribution >= 0.6 is 0 Å². The largest absolute Gasteiger partial charge is 0.497 e. The summed E-state index contributed by atoms with van der Waals surface area (Å²) in [6.45, 7) is 1.74. The van der Waals surface area contributed by atoms with E-state index in [4.69, 9.17) is 14.7 Å². The Morgan fingerprint density at radius 2 is 2.03 bits per heavy atom. The number of benzene rings is 1. The molecule has 0 aliphatic carbocycles. The predicted molar refractivity (Wildman–Crippen MR) is 105 cm³/mol. The van der Waals surface area contributed by atoms with Crippen LogP contribution in [0.3, 0.4) is 0 Å². The summed E-state index contributed by atoms with van der Waals surface area (Å²) in [5.41, 5.74) is 5.45. The number of carbonyl (C=O) groups is 1. The van der Waals surface area contributed by atoms with Gasteiger partial charge in [-0.2, -0.15) is 12.9 Å². The van der Waals surface area contributed by atoms with Crippen LogP contribution in [-0.4, -0.2) is 48.0 Å². The number of nitrogens with two attached hydrogens (primary N) is 1. The normalized spacial score (nSPS) is 12.5. The van der Waals surface area contributed by atoms with E-state index in [-0.39, 0.29) is 18.0 Å². The van der Waals surface area contributed by atoms with Crippen molar-refractivity contribution in [3.05, 3.63) is 42.3 Å². The van der Waals surface area contributed by atoms with E-state index in [9.17, 15) is 17.6 Å². The molecule has 0 bridgehead atoms. The average molecular weight is 438 g/mol. The first-order valence-corrected chi connectivity index (χ1v) is 10.1. The molecule has 0 saturated carbocycles. The topological polar surface area (TPSA) is 150 Å². The Bertz CT molecular complexity index is 1170. The Morgan fingerprint density at radius 3 is 2.63 bits per heavy atom. The van der Waals surface area contributed by atoms with Crippen LogP contribution in [0.2, 0.25) is 0 Å². The van der Waals surface area contributed by atoms with Gasteiger partial charge < -0.3 is 20.0 Å². The van der Waals surface area contributed by atoms with Gasteiger partial charge in [-0.1, -0.05) is 6.92 Å². The number of hydrogen-bond acceptors (Lipinski definition) is 9. The second-order valence-corrected chi connectivity index (χ2v) is 7.60. The van der Waals surface area contributed by atoms with Gasteiger partial charge in [0.05, 0.1) is 13.3 Å². The highest BCUT2D eigenvalue weighted by Crippen LogP contribution is 2.23. The number of aromatic nitrogens is 3. The number of rotatable bonds is 9.